The summed E-state index contributed by atoms with van der Waals surface area (Å²) in [5.41, 5.74) is 3.74. The molecule has 2 unspecified atom stereocenters. The highest BCUT2D eigenvalue weighted by Crippen LogP contribution is 2.61. The third-order valence-corrected chi connectivity index (χ3v) is 13.6. The third kappa shape index (κ3) is 12.4. The van der Waals surface area contributed by atoms with E-state index in [0.29, 0.717) is 29.7 Å². The fourth-order valence-corrected chi connectivity index (χ4v) is 8.21. The smallest absolute Gasteiger partial charge is 0.366 e. The van der Waals surface area contributed by atoms with Crippen molar-refractivity contribution in [1.82, 2.24) is 14.6 Å². The largest absolute Gasteiger partial charge is 0.494 e. The van der Waals surface area contributed by atoms with Gasteiger partial charge in [-0.15, -0.1) is 0 Å². The van der Waals surface area contributed by atoms with Crippen molar-refractivity contribution in [3.05, 3.63) is 66.2 Å². The molecule has 0 aliphatic carbocycles. The van der Waals surface area contributed by atoms with E-state index in [2.05, 4.69) is 10.5 Å². The first-order chi connectivity index (χ1) is 24.9. The van der Waals surface area contributed by atoms with Gasteiger partial charge in [-0.05, 0) is 49.7 Å². The Kier molecular flexibility index (Phi) is 16.1. The summed E-state index contributed by atoms with van der Waals surface area (Å²) in [6.45, 7) is 0.111. The predicted molar refractivity (Wildman–Crippen MR) is 201 cm³/mol. The summed E-state index contributed by atoms with van der Waals surface area (Å²) < 4.78 is 61.5. The molecule has 0 spiro atoms. The van der Waals surface area contributed by atoms with Crippen molar-refractivity contribution in [3.8, 4) is 5.75 Å². The maximum Gasteiger partial charge on any atom is 0.366 e. The second-order valence-electron chi connectivity index (χ2n) is 12.4. The molecule has 0 radical (unpaired) electrons. The average Bonchev–Trinajstić information content (AvgIpc) is 3.10. The quantitative estimate of drug-likeness (QED) is 0.0342. The lowest BCUT2D eigenvalue weighted by Crippen LogP contribution is -2.31. The Labute approximate surface area is 309 Å². The highest BCUT2D eigenvalue weighted by molar-refractivity contribution is 7.89. The van der Waals surface area contributed by atoms with Gasteiger partial charge in [-0.2, -0.15) is 5.10 Å². The molecule has 0 aliphatic rings. The van der Waals surface area contributed by atoms with Crippen LogP contribution in [0.1, 0.15) is 31.2 Å². The van der Waals surface area contributed by atoms with Gasteiger partial charge in [0, 0.05) is 70.1 Å². The zero-order valence-electron chi connectivity index (χ0n) is 29.9. The van der Waals surface area contributed by atoms with Crippen LogP contribution >= 0.6 is 15.6 Å². The van der Waals surface area contributed by atoms with E-state index in [0.717, 1.165) is 11.1 Å². The molecule has 0 heterocycles. The summed E-state index contributed by atoms with van der Waals surface area (Å²) in [5, 5.41) is 12.3. The number of fused-ring (bicyclic) bond motifs is 1. The molecule has 0 fully saturated rings. The molecular formula is C33H47N5O12P2S. The summed E-state index contributed by atoms with van der Waals surface area (Å²) >= 11 is 0. The number of aliphatic hydroxyl groups is 1. The van der Waals surface area contributed by atoms with E-state index in [1.54, 1.807) is 60.5 Å². The van der Waals surface area contributed by atoms with Crippen molar-refractivity contribution >= 4 is 60.2 Å². The second kappa shape index (κ2) is 19.6. The van der Waals surface area contributed by atoms with Crippen molar-refractivity contribution < 1.29 is 56.4 Å². The van der Waals surface area contributed by atoms with Crippen LogP contribution in [0, 0.1) is 0 Å². The van der Waals surface area contributed by atoms with Crippen LogP contribution in [-0.4, -0.2) is 122 Å². The van der Waals surface area contributed by atoms with Gasteiger partial charge in [0.05, 0.1) is 17.7 Å². The highest BCUT2D eigenvalue weighted by Gasteiger charge is 2.50. The topological polar surface area (TPSA) is 236 Å². The minimum atomic E-state index is -5.21. The number of benzene rings is 3. The maximum atomic E-state index is 13.4. The zero-order chi connectivity index (χ0) is 39.4. The number of sulfonamides is 1. The molecule has 20 heteroatoms. The number of carbonyl (C=O) groups excluding carboxylic acids is 2. The minimum absolute atomic E-state index is 0.0367. The van der Waals surface area contributed by atoms with Gasteiger partial charge in [0.25, 0.3) is 5.91 Å². The average molecular weight is 800 g/mol. The summed E-state index contributed by atoms with van der Waals surface area (Å²) in [4.78, 5) is 55.9. The molecule has 5 N–H and O–H groups in total. The van der Waals surface area contributed by atoms with Gasteiger partial charge in [0.1, 0.15) is 5.75 Å². The summed E-state index contributed by atoms with van der Waals surface area (Å²) in [7, 11) is -6.14. The SMILES string of the molecule is CN(CCCOc1cccc(/C=N/NC(=O)COC(=O)CCCN(C)S(=O)(=O)c2cccc3c(N(C)C)cccc23)c1)CCC(O)([PH](=O)O)P(=O)(O)O. The predicted octanol–water partition coefficient (Wildman–Crippen LogP) is 2.38. The maximum absolute atomic E-state index is 13.4. The number of anilines is 1. The van der Waals surface area contributed by atoms with Gasteiger partial charge in [-0.1, -0.05) is 36.4 Å². The van der Waals surface area contributed by atoms with Crippen molar-refractivity contribution in [2.45, 2.75) is 35.7 Å². The number of hydrazone groups is 1. The standard InChI is InChI=1S/C33H47N5O12P2S/c1-36(2)29-14-6-13-28-27(29)12-7-15-30(28)53(47,48)38(4)19-8-16-32(40)50-24-31(39)35-34-23-25-10-5-11-26(22-25)49-21-9-18-37(3)20-17-33(41,51(42)43)52(44,45)46/h5-7,10-15,22-23,41,51H,8-9,16-21,24H2,1-4H3,(H,35,39)(H,42,43)(H2,44,45,46)/b34-23+. The molecule has 0 aliphatic heterocycles. The number of esters is 1. The lowest BCUT2D eigenvalue weighted by molar-refractivity contribution is -0.148. The molecule has 3 aromatic rings. The fraction of sp³-hybridized carbons (Fsp3) is 0.424. The summed E-state index contributed by atoms with van der Waals surface area (Å²) in [5.74, 6) is -0.845. The Hall–Kier alpha value is -3.70. The monoisotopic (exact) mass is 799 g/mol. The number of hydrogen-bond donors (Lipinski definition) is 5. The fourth-order valence-electron chi connectivity index (χ4n) is 5.09. The molecule has 0 saturated carbocycles. The van der Waals surface area contributed by atoms with Crippen molar-refractivity contribution in [1.29, 1.82) is 0 Å². The van der Waals surface area contributed by atoms with Gasteiger partial charge < -0.3 is 39.1 Å². The van der Waals surface area contributed by atoms with E-state index < -0.39 is 55.6 Å². The van der Waals surface area contributed by atoms with Crippen LogP contribution in [0.5, 0.6) is 5.75 Å². The first kappa shape index (κ1) is 43.7. The normalized spacial score (nSPS) is 14.0. The molecule has 53 heavy (non-hydrogen) atoms. The first-order valence-electron chi connectivity index (χ1n) is 16.4. The number of nitrogens with one attached hydrogen (secondary N) is 1. The van der Waals surface area contributed by atoms with Crippen LogP contribution in [-0.2, 0) is 33.5 Å². The van der Waals surface area contributed by atoms with E-state index in [9.17, 15) is 46.9 Å². The van der Waals surface area contributed by atoms with Gasteiger partial charge in [0.2, 0.25) is 23.1 Å². The molecule has 17 nitrogen and oxygen atoms in total. The molecule has 0 saturated heterocycles. The lowest BCUT2D eigenvalue weighted by atomic mass is 10.1. The van der Waals surface area contributed by atoms with E-state index in [-0.39, 0.29) is 37.4 Å². The van der Waals surface area contributed by atoms with Crippen LogP contribution in [0.3, 0.4) is 0 Å². The molecule has 1 amide bonds. The molecule has 292 valence electrons. The van der Waals surface area contributed by atoms with E-state index in [4.69, 9.17) is 9.47 Å². The number of amides is 1. The van der Waals surface area contributed by atoms with Crippen LogP contribution < -0.4 is 15.1 Å². The Morgan fingerprint density at radius 3 is 2.34 bits per heavy atom. The molecule has 0 bridgehead atoms. The third-order valence-electron chi connectivity index (χ3n) is 8.13. The van der Waals surface area contributed by atoms with Crippen LogP contribution in [0.15, 0.2) is 70.7 Å². The number of rotatable bonds is 21. The highest BCUT2D eigenvalue weighted by atomic mass is 32.2. The Morgan fingerprint density at radius 2 is 1.66 bits per heavy atom. The van der Waals surface area contributed by atoms with Gasteiger partial charge in [-0.25, -0.2) is 18.1 Å². The minimum Gasteiger partial charge on any atom is -0.494 e. The van der Waals surface area contributed by atoms with Crippen molar-refractivity contribution in [3.63, 3.8) is 0 Å². The van der Waals surface area contributed by atoms with Crippen LogP contribution in [0.2, 0.25) is 0 Å². The first-order valence-corrected chi connectivity index (χ1v) is 20.8. The summed E-state index contributed by atoms with van der Waals surface area (Å²) in [6.07, 6.45) is 1.34. The molecule has 0 aromatic heterocycles. The number of ether oxygens (including phenoxy) is 2. The van der Waals surface area contributed by atoms with Crippen LogP contribution in [0.4, 0.5) is 5.69 Å². The molecule has 3 aromatic carbocycles. The number of hydrogen-bond acceptors (Lipinski definition) is 12. The molecular weight excluding hydrogens is 752 g/mol. The second-order valence-corrected chi connectivity index (χ2v) is 18.1. The van der Waals surface area contributed by atoms with Crippen molar-refractivity contribution in [2.75, 3.05) is 65.9 Å². The Morgan fingerprint density at radius 1 is 0.981 bits per heavy atom. The van der Waals surface area contributed by atoms with E-state index in [1.807, 2.05) is 31.1 Å². The summed E-state index contributed by atoms with van der Waals surface area (Å²) in [6, 6.07) is 17.4. The zero-order valence-corrected chi connectivity index (χ0v) is 32.6. The number of nitrogens with zero attached hydrogens (tertiary/aromatic N) is 4. The molecule has 2 atom stereocenters. The van der Waals surface area contributed by atoms with E-state index >= 15 is 0 Å². The lowest BCUT2D eigenvalue weighted by Gasteiger charge is -2.28. The van der Waals surface area contributed by atoms with Crippen LogP contribution in [0.25, 0.3) is 10.8 Å². The van der Waals surface area contributed by atoms with Crippen molar-refractivity contribution in [2.24, 2.45) is 5.10 Å². The van der Waals surface area contributed by atoms with E-state index in [1.165, 1.54) is 17.6 Å². The Bertz CT molecular complexity index is 1940. The Balaban J connectivity index is 1.37. The number of carbonyl (C=O) groups is 2. The molecule has 3 rings (SSSR count). The van der Waals surface area contributed by atoms with Gasteiger partial charge in [0.15, 0.2) is 6.61 Å². The van der Waals surface area contributed by atoms with Gasteiger partial charge >= 0.3 is 13.6 Å². The van der Waals surface area contributed by atoms with Gasteiger partial charge in [-0.3, -0.25) is 18.7 Å².